The standard InChI is InChI=1S/C22H23FN4O2/c1-14-19(22(29)26-21(25-14)17-10-12-24-13-11-17)8-9-20(28)27(3)15(2)16-4-6-18(23)7-5-16/h4-7,10-13,15H,8-9H2,1-3H3,(H,25,26,29). The van der Waals surface area contributed by atoms with Crippen molar-refractivity contribution in [1.29, 1.82) is 0 Å². The van der Waals surface area contributed by atoms with Crippen molar-refractivity contribution in [2.45, 2.75) is 32.7 Å². The molecule has 6 nitrogen and oxygen atoms in total. The fourth-order valence-corrected chi connectivity index (χ4v) is 3.14. The highest BCUT2D eigenvalue weighted by molar-refractivity contribution is 5.76. The van der Waals surface area contributed by atoms with E-state index in [1.807, 2.05) is 6.92 Å². The topological polar surface area (TPSA) is 79.0 Å². The zero-order valence-electron chi connectivity index (χ0n) is 16.6. The van der Waals surface area contributed by atoms with Gasteiger partial charge in [-0.25, -0.2) is 9.37 Å². The van der Waals surface area contributed by atoms with Crippen molar-refractivity contribution < 1.29 is 9.18 Å². The van der Waals surface area contributed by atoms with Gasteiger partial charge in [-0.3, -0.25) is 14.6 Å². The molecule has 1 atom stereocenters. The average Bonchev–Trinajstić information content (AvgIpc) is 2.73. The molecule has 1 N–H and O–H groups in total. The molecule has 0 aliphatic rings. The Morgan fingerprint density at radius 3 is 2.45 bits per heavy atom. The van der Waals surface area contributed by atoms with E-state index in [-0.39, 0.29) is 29.7 Å². The second-order valence-electron chi connectivity index (χ2n) is 6.95. The number of hydrogen-bond acceptors (Lipinski definition) is 4. The Kier molecular flexibility index (Phi) is 6.16. The summed E-state index contributed by atoms with van der Waals surface area (Å²) in [5.41, 5.74) is 2.48. The van der Waals surface area contributed by atoms with E-state index < -0.39 is 0 Å². The summed E-state index contributed by atoms with van der Waals surface area (Å²) >= 11 is 0. The Bertz CT molecular complexity index is 1050. The monoisotopic (exact) mass is 394 g/mol. The van der Waals surface area contributed by atoms with Crippen LogP contribution >= 0.6 is 0 Å². The summed E-state index contributed by atoms with van der Waals surface area (Å²) in [6.45, 7) is 3.65. The SMILES string of the molecule is Cc1nc(-c2ccncc2)[nH]c(=O)c1CCC(=O)N(C)C(C)c1ccc(F)cc1. The minimum absolute atomic E-state index is 0.0983. The smallest absolute Gasteiger partial charge is 0.254 e. The van der Waals surface area contributed by atoms with E-state index in [0.717, 1.165) is 11.1 Å². The Hall–Kier alpha value is -3.35. The van der Waals surface area contributed by atoms with Gasteiger partial charge in [-0.2, -0.15) is 0 Å². The van der Waals surface area contributed by atoms with Crippen LogP contribution in [0.25, 0.3) is 11.4 Å². The number of aryl methyl sites for hydroxylation is 1. The number of pyridine rings is 1. The molecular weight excluding hydrogens is 371 g/mol. The van der Waals surface area contributed by atoms with Gasteiger partial charge in [0, 0.05) is 42.7 Å². The summed E-state index contributed by atoms with van der Waals surface area (Å²) in [6, 6.07) is 9.43. The fraction of sp³-hybridized carbons (Fsp3) is 0.273. The lowest BCUT2D eigenvalue weighted by Crippen LogP contribution is -2.30. The Morgan fingerprint density at radius 1 is 1.17 bits per heavy atom. The molecule has 2 aromatic heterocycles. The van der Waals surface area contributed by atoms with Gasteiger partial charge in [0.25, 0.3) is 5.56 Å². The van der Waals surface area contributed by atoms with Gasteiger partial charge >= 0.3 is 0 Å². The van der Waals surface area contributed by atoms with Crippen molar-refractivity contribution in [1.82, 2.24) is 19.9 Å². The van der Waals surface area contributed by atoms with Gasteiger partial charge in [0.2, 0.25) is 5.91 Å². The highest BCUT2D eigenvalue weighted by Crippen LogP contribution is 2.20. The first kappa shape index (κ1) is 20.4. The highest BCUT2D eigenvalue weighted by Gasteiger charge is 2.19. The lowest BCUT2D eigenvalue weighted by Gasteiger charge is -2.25. The third-order valence-electron chi connectivity index (χ3n) is 5.09. The van der Waals surface area contributed by atoms with Crippen LogP contribution in [0.2, 0.25) is 0 Å². The van der Waals surface area contributed by atoms with E-state index in [1.165, 1.54) is 12.1 Å². The molecule has 0 aliphatic carbocycles. The summed E-state index contributed by atoms with van der Waals surface area (Å²) in [7, 11) is 1.71. The van der Waals surface area contributed by atoms with Gasteiger partial charge < -0.3 is 9.88 Å². The molecule has 150 valence electrons. The minimum atomic E-state index is -0.313. The van der Waals surface area contributed by atoms with Crippen molar-refractivity contribution in [3.05, 3.63) is 81.8 Å². The zero-order chi connectivity index (χ0) is 21.0. The second-order valence-corrected chi connectivity index (χ2v) is 6.95. The van der Waals surface area contributed by atoms with Gasteiger partial charge in [0.05, 0.1) is 6.04 Å². The van der Waals surface area contributed by atoms with Gasteiger partial charge in [0.15, 0.2) is 0 Å². The quantitative estimate of drug-likeness (QED) is 0.695. The second kappa shape index (κ2) is 8.77. The maximum atomic E-state index is 13.1. The number of aromatic amines is 1. The number of hydrogen-bond donors (Lipinski definition) is 1. The van der Waals surface area contributed by atoms with Crippen LogP contribution in [0.1, 0.15) is 36.2 Å². The van der Waals surface area contributed by atoms with Gasteiger partial charge in [-0.1, -0.05) is 12.1 Å². The number of carbonyl (C=O) groups excluding carboxylic acids is 1. The highest BCUT2D eigenvalue weighted by atomic mass is 19.1. The van der Waals surface area contributed by atoms with Crippen molar-refractivity contribution in [2.24, 2.45) is 0 Å². The first-order valence-corrected chi connectivity index (χ1v) is 9.38. The van der Waals surface area contributed by atoms with Crippen molar-refractivity contribution in [2.75, 3.05) is 7.05 Å². The van der Waals surface area contributed by atoms with E-state index in [2.05, 4.69) is 15.0 Å². The zero-order valence-corrected chi connectivity index (χ0v) is 16.6. The largest absolute Gasteiger partial charge is 0.339 e. The molecule has 0 saturated carbocycles. The van der Waals surface area contributed by atoms with Crippen LogP contribution in [0.4, 0.5) is 4.39 Å². The molecule has 3 aromatic rings. The Morgan fingerprint density at radius 2 is 1.83 bits per heavy atom. The lowest BCUT2D eigenvalue weighted by molar-refractivity contribution is -0.131. The maximum Gasteiger partial charge on any atom is 0.254 e. The van der Waals surface area contributed by atoms with Crippen molar-refractivity contribution in [3.63, 3.8) is 0 Å². The predicted octanol–water partition coefficient (Wildman–Crippen LogP) is 3.43. The number of nitrogens with one attached hydrogen (secondary N) is 1. The molecule has 1 aromatic carbocycles. The van der Waals surface area contributed by atoms with Crippen LogP contribution in [-0.4, -0.2) is 32.8 Å². The molecule has 3 rings (SSSR count). The number of H-pyrrole nitrogens is 1. The number of amides is 1. The van der Waals surface area contributed by atoms with Crippen LogP contribution in [0.5, 0.6) is 0 Å². The van der Waals surface area contributed by atoms with Gasteiger partial charge in [-0.05, 0) is 50.1 Å². The third kappa shape index (κ3) is 4.74. The predicted molar refractivity (Wildman–Crippen MR) is 109 cm³/mol. The van der Waals surface area contributed by atoms with Gasteiger partial charge in [-0.15, -0.1) is 0 Å². The van der Waals surface area contributed by atoms with Gasteiger partial charge in [0.1, 0.15) is 11.6 Å². The average molecular weight is 394 g/mol. The van der Waals surface area contributed by atoms with Crippen LogP contribution in [0, 0.1) is 12.7 Å². The molecule has 29 heavy (non-hydrogen) atoms. The Labute approximate surface area is 168 Å². The van der Waals surface area contributed by atoms with E-state index in [4.69, 9.17) is 0 Å². The van der Waals surface area contributed by atoms with E-state index in [0.29, 0.717) is 23.5 Å². The molecule has 1 amide bonds. The van der Waals surface area contributed by atoms with Crippen LogP contribution in [0.3, 0.4) is 0 Å². The summed E-state index contributed by atoms with van der Waals surface area (Å²) in [6.07, 6.45) is 3.75. The molecule has 0 saturated heterocycles. The summed E-state index contributed by atoms with van der Waals surface area (Å²) < 4.78 is 13.1. The van der Waals surface area contributed by atoms with Crippen LogP contribution < -0.4 is 5.56 Å². The normalized spacial score (nSPS) is 11.9. The van der Waals surface area contributed by atoms with Crippen molar-refractivity contribution in [3.8, 4) is 11.4 Å². The maximum absolute atomic E-state index is 13.1. The third-order valence-corrected chi connectivity index (χ3v) is 5.09. The molecule has 2 heterocycles. The van der Waals surface area contributed by atoms with E-state index in [1.54, 1.807) is 55.5 Å². The number of benzene rings is 1. The van der Waals surface area contributed by atoms with Crippen LogP contribution in [0.15, 0.2) is 53.6 Å². The molecule has 0 aliphatic heterocycles. The number of rotatable bonds is 6. The lowest BCUT2D eigenvalue weighted by atomic mass is 10.1. The molecule has 0 bridgehead atoms. The van der Waals surface area contributed by atoms with E-state index >= 15 is 0 Å². The summed E-state index contributed by atoms with van der Waals surface area (Å²) in [4.78, 5) is 38.0. The number of carbonyl (C=O) groups is 1. The number of halogens is 1. The first-order valence-electron chi connectivity index (χ1n) is 9.38. The van der Waals surface area contributed by atoms with Crippen molar-refractivity contribution >= 4 is 5.91 Å². The molecule has 7 heteroatoms. The molecule has 0 spiro atoms. The minimum Gasteiger partial charge on any atom is -0.339 e. The molecule has 0 radical (unpaired) electrons. The Balaban J connectivity index is 1.69. The summed E-state index contributed by atoms with van der Waals surface area (Å²) in [5, 5.41) is 0. The molecular formula is C22H23FN4O2. The molecule has 0 fully saturated rings. The van der Waals surface area contributed by atoms with Crippen LogP contribution in [-0.2, 0) is 11.2 Å². The first-order chi connectivity index (χ1) is 13.9. The fourth-order valence-electron chi connectivity index (χ4n) is 3.14. The number of nitrogens with zero attached hydrogens (tertiary/aromatic N) is 3. The van der Waals surface area contributed by atoms with E-state index in [9.17, 15) is 14.0 Å². The molecule has 1 unspecified atom stereocenters. The number of aromatic nitrogens is 3. The summed E-state index contributed by atoms with van der Waals surface area (Å²) in [5.74, 6) is 0.0678.